The minimum Gasteiger partial charge on any atom is -0.273 e. The van der Waals surface area contributed by atoms with Crippen molar-refractivity contribution in [2.24, 2.45) is 5.41 Å². The number of carbonyl (C=O) groups excluding carboxylic acids is 1. The second-order valence-electron chi connectivity index (χ2n) is 6.23. The molecule has 2 fully saturated rings. The van der Waals surface area contributed by atoms with Crippen LogP contribution < -0.4 is 0 Å². The van der Waals surface area contributed by atoms with Crippen molar-refractivity contribution >= 4 is 11.6 Å². The van der Waals surface area contributed by atoms with Crippen molar-refractivity contribution < 1.29 is 13.6 Å². The van der Waals surface area contributed by atoms with Crippen LogP contribution in [-0.2, 0) is 4.79 Å². The summed E-state index contributed by atoms with van der Waals surface area (Å²) in [6.07, 6.45) is -0.596. The number of nitrogens with zero attached hydrogens (tertiary/aromatic N) is 3. The van der Waals surface area contributed by atoms with E-state index in [0.29, 0.717) is 25.1 Å². The first-order chi connectivity index (χ1) is 10.4. The second-order valence-corrected chi connectivity index (χ2v) is 6.23. The molecule has 2 aliphatic rings. The molecule has 0 N–H and O–H groups in total. The third kappa shape index (κ3) is 2.08. The van der Waals surface area contributed by atoms with Gasteiger partial charge < -0.3 is 0 Å². The number of fused-ring (bicyclic) bond motifs is 1. The van der Waals surface area contributed by atoms with Gasteiger partial charge in [-0.25, -0.2) is 18.6 Å². The number of benzene rings is 1. The Kier molecular flexibility index (Phi) is 3.41. The smallest absolute Gasteiger partial charge is 0.247 e. The monoisotopic (exact) mass is 305 g/mol. The molecule has 1 aromatic carbocycles. The van der Waals surface area contributed by atoms with Crippen LogP contribution in [0.25, 0.3) is 4.85 Å². The zero-order valence-electron chi connectivity index (χ0n) is 12.5. The SMILES string of the molecule is [C-]#[N+]c1cc(F)cc([C@H]2CCN3C[C@](C)(C(C)F)C(=O)N23)c1. The molecule has 0 saturated carbocycles. The largest absolute Gasteiger partial charge is 0.273 e. The molecule has 1 amide bonds. The van der Waals surface area contributed by atoms with Gasteiger partial charge in [-0.1, -0.05) is 6.07 Å². The fourth-order valence-electron chi connectivity index (χ4n) is 3.29. The maximum atomic E-state index is 13.9. The van der Waals surface area contributed by atoms with Crippen LogP contribution in [0.5, 0.6) is 0 Å². The molecule has 2 heterocycles. The van der Waals surface area contributed by atoms with Crippen molar-refractivity contribution in [2.45, 2.75) is 32.5 Å². The van der Waals surface area contributed by atoms with E-state index in [4.69, 9.17) is 6.57 Å². The standard InChI is InChI=1S/C16H17F2N3O/c1-10(17)16(2)9-20-5-4-14(21(20)15(16)22)11-6-12(18)8-13(7-11)19-3/h6-8,10,14H,4-5,9H2,1-2H3/t10?,14-,16-/m1/s1. The third-order valence-electron chi connectivity index (χ3n) is 4.76. The molecular formula is C16H17F2N3O. The van der Waals surface area contributed by atoms with Crippen molar-refractivity contribution in [3.63, 3.8) is 0 Å². The summed E-state index contributed by atoms with van der Waals surface area (Å²) in [6, 6.07) is 3.80. The van der Waals surface area contributed by atoms with Crippen LogP contribution in [0.2, 0.25) is 0 Å². The van der Waals surface area contributed by atoms with Crippen LogP contribution in [0, 0.1) is 17.8 Å². The molecule has 1 unspecified atom stereocenters. The van der Waals surface area contributed by atoms with Crippen LogP contribution in [0.4, 0.5) is 14.5 Å². The Morgan fingerprint density at radius 2 is 2.18 bits per heavy atom. The molecule has 0 bridgehead atoms. The molecule has 0 aliphatic carbocycles. The van der Waals surface area contributed by atoms with Gasteiger partial charge in [0, 0.05) is 13.1 Å². The van der Waals surface area contributed by atoms with Gasteiger partial charge in [-0.2, -0.15) is 0 Å². The molecule has 0 aromatic heterocycles. The summed E-state index contributed by atoms with van der Waals surface area (Å²) < 4.78 is 27.6. The van der Waals surface area contributed by atoms with Gasteiger partial charge in [-0.15, -0.1) is 0 Å². The number of carbonyl (C=O) groups is 1. The minimum atomic E-state index is -1.25. The van der Waals surface area contributed by atoms with Crippen molar-refractivity contribution in [1.82, 2.24) is 10.0 Å². The molecule has 0 radical (unpaired) electrons. The highest BCUT2D eigenvalue weighted by atomic mass is 19.1. The second kappa shape index (κ2) is 5.03. The zero-order chi connectivity index (χ0) is 16.1. The van der Waals surface area contributed by atoms with E-state index in [0.717, 1.165) is 0 Å². The molecule has 2 aliphatic heterocycles. The normalized spacial score (nSPS) is 29.5. The topological polar surface area (TPSA) is 27.9 Å². The summed E-state index contributed by atoms with van der Waals surface area (Å²) in [6.45, 7) is 11.0. The number of amides is 1. The van der Waals surface area contributed by atoms with Gasteiger partial charge in [-0.05, 0) is 38.0 Å². The van der Waals surface area contributed by atoms with E-state index >= 15 is 0 Å². The fourth-order valence-corrected chi connectivity index (χ4v) is 3.29. The van der Waals surface area contributed by atoms with E-state index in [2.05, 4.69) is 4.85 Å². The highest BCUT2D eigenvalue weighted by Crippen LogP contribution is 2.45. The highest BCUT2D eigenvalue weighted by Gasteiger charge is 2.55. The average Bonchev–Trinajstić information content (AvgIpc) is 2.98. The Hall–Kier alpha value is -2.00. The number of hydrazine groups is 1. The van der Waals surface area contributed by atoms with Gasteiger partial charge in [0.2, 0.25) is 5.91 Å². The number of rotatable bonds is 2. The van der Waals surface area contributed by atoms with Crippen molar-refractivity contribution in [2.75, 3.05) is 13.1 Å². The van der Waals surface area contributed by atoms with Gasteiger partial charge in [0.05, 0.1) is 18.0 Å². The summed E-state index contributed by atoms with van der Waals surface area (Å²) in [7, 11) is 0. The molecule has 1 aromatic rings. The lowest BCUT2D eigenvalue weighted by atomic mass is 9.85. The fraction of sp³-hybridized carbons (Fsp3) is 0.500. The van der Waals surface area contributed by atoms with Gasteiger partial charge in [0.15, 0.2) is 5.69 Å². The van der Waals surface area contributed by atoms with Crippen LogP contribution in [0.3, 0.4) is 0 Å². The lowest BCUT2D eigenvalue weighted by Crippen LogP contribution is -2.39. The predicted molar refractivity (Wildman–Crippen MR) is 77.1 cm³/mol. The number of alkyl halides is 1. The molecule has 6 heteroatoms. The van der Waals surface area contributed by atoms with Gasteiger partial charge in [0.25, 0.3) is 0 Å². The molecule has 4 nitrogen and oxygen atoms in total. The quantitative estimate of drug-likeness (QED) is 0.785. The zero-order valence-corrected chi connectivity index (χ0v) is 12.5. The summed E-state index contributed by atoms with van der Waals surface area (Å²) in [4.78, 5) is 15.9. The van der Waals surface area contributed by atoms with Gasteiger partial charge in [0.1, 0.15) is 12.0 Å². The highest BCUT2D eigenvalue weighted by molar-refractivity contribution is 5.85. The van der Waals surface area contributed by atoms with E-state index in [1.807, 2.05) is 5.01 Å². The average molecular weight is 305 g/mol. The lowest BCUT2D eigenvalue weighted by Gasteiger charge is -2.27. The van der Waals surface area contributed by atoms with Crippen molar-refractivity contribution in [3.8, 4) is 0 Å². The van der Waals surface area contributed by atoms with Crippen molar-refractivity contribution in [3.05, 3.63) is 41.0 Å². The van der Waals surface area contributed by atoms with Gasteiger partial charge in [-0.3, -0.25) is 9.80 Å². The van der Waals surface area contributed by atoms with E-state index in [1.54, 1.807) is 18.0 Å². The van der Waals surface area contributed by atoms with E-state index < -0.39 is 17.4 Å². The maximum Gasteiger partial charge on any atom is 0.247 e. The Bertz CT molecular complexity index is 670. The molecular weight excluding hydrogens is 288 g/mol. The number of hydrogen-bond donors (Lipinski definition) is 0. The molecule has 2 saturated heterocycles. The molecule has 22 heavy (non-hydrogen) atoms. The minimum absolute atomic E-state index is 0.210. The van der Waals surface area contributed by atoms with E-state index in [1.165, 1.54) is 19.1 Å². The first-order valence-corrected chi connectivity index (χ1v) is 7.27. The van der Waals surface area contributed by atoms with E-state index in [-0.39, 0.29) is 17.6 Å². The first kappa shape index (κ1) is 14.9. The summed E-state index contributed by atoms with van der Waals surface area (Å²) >= 11 is 0. The summed E-state index contributed by atoms with van der Waals surface area (Å²) in [5, 5.41) is 3.39. The van der Waals surface area contributed by atoms with Gasteiger partial charge >= 0.3 is 0 Å². The summed E-state index contributed by atoms with van der Waals surface area (Å²) in [5.41, 5.74) is -0.256. The van der Waals surface area contributed by atoms with Crippen LogP contribution >= 0.6 is 0 Å². The maximum absolute atomic E-state index is 13.9. The third-order valence-corrected chi connectivity index (χ3v) is 4.76. The molecule has 0 spiro atoms. The molecule has 3 atom stereocenters. The number of halogens is 2. The Morgan fingerprint density at radius 3 is 2.82 bits per heavy atom. The van der Waals surface area contributed by atoms with Crippen LogP contribution in [0.15, 0.2) is 18.2 Å². The van der Waals surface area contributed by atoms with Crippen LogP contribution in [0.1, 0.15) is 31.9 Å². The summed E-state index contributed by atoms with van der Waals surface area (Å²) in [5.74, 6) is -0.756. The molecule has 116 valence electrons. The lowest BCUT2D eigenvalue weighted by molar-refractivity contribution is -0.144. The van der Waals surface area contributed by atoms with Crippen LogP contribution in [-0.4, -0.2) is 35.2 Å². The predicted octanol–water partition coefficient (Wildman–Crippen LogP) is 3.24. The number of hydrogen-bond acceptors (Lipinski definition) is 2. The Balaban J connectivity index is 1.97. The molecule has 3 rings (SSSR count). The Morgan fingerprint density at radius 1 is 1.45 bits per heavy atom. The van der Waals surface area contributed by atoms with Crippen molar-refractivity contribution in [1.29, 1.82) is 0 Å². The van der Waals surface area contributed by atoms with E-state index in [9.17, 15) is 13.6 Å². The first-order valence-electron chi connectivity index (χ1n) is 7.27. The Labute approximate surface area is 128 Å².